The number of ether oxygens (including phenoxy) is 2. The van der Waals surface area contributed by atoms with Crippen molar-refractivity contribution in [2.24, 2.45) is 0 Å². The van der Waals surface area contributed by atoms with E-state index >= 15 is 0 Å². The first-order valence-corrected chi connectivity index (χ1v) is 15.8. The first-order chi connectivity index (χ1) is 20.9. The zero-order chi connectivity index (χ0) is 31.0. The number of aromatic nitrogens is 8. The molecule has 0 amide bonds. The van der Waals surface area contributed by atoms with E-state index in [0.717, 1.165) is 12.7 Å². The van der Waals surface area contributed by atoms with E-state index in [4.69, 9.17) is 39.0 Å². The second-order valence-electron chi connectivity index (χ2n) is 9.95. The summed E-state index contributed by atoms with van der Waals surface area (Å²) in [6.45, 7) is -1.56. The molecule has 7 heterocycles. The lowest BCUT2D eigenvalue weighted by molar-refractivity contribution is -0.0664. The van der Waals surface area contributed by atoms with Gasteiger partial charge in [0.05, 0.1) is 25.9 Å². The van der Waals surface area contributed by atoms with Gasteiger partial charge in [-0.25, -0.2) is 39.0 Å². The molecular weight excluding hydrogens is 634 g/mol. The number of hydrogen-bond donors (Lipinski definition) is 6. The molecule has 0 bridgehead atoms. The molecule has 0 aliphatic carbocycles. The Morgan fingerprint density at radius 2 is 1.11 bits per heavy atom. The van der Waals surface area contributed by atoms with Crippen LogP contribution in [0.2, 0.25) is 0 Å². The minimum atomic E-state index is -5.00. The summed E-state index contributed by atoms with van der Waals surface area (Å²) in [6, 6.07) is 0. The summed E-state index contributed by atoms with van der Waals surface area (Å²) >= 11 is 0. The Hall–Kier alpha value is -3.24. The van der Waals surface area contributed by atoms with Gasteiger partial charge >= 0.3 is 15.6 Å². The number of imidazole rings is 2. The second kappa shape index (κ2) is 10.7. The first kappa shape index (κ1) is 29.5. The van der Waals surface area contributed by atoms with Crippen molar-refractivity contribution < 1.29 is 56.7 Å². The molecule has 44 heavy (non-hydrogen) atoms. The van der Waals surface area contributed by atoms with E-state index in [1.54, 1.807) is 0 Å². The van der Waals surface area contributed by atoms with Crippen molar-refractivity contribution in [1.29, 1.82) is 0 Å². The van der Waals surface area contributed by atoms with Crippen LogP contribution in [0, 0.1) is 0 Å². The average Bonchev–Trinajstić information content (AvgIpc) is 3.73. The molecule has 3 aliphatic heterocycles. The topological polar surface area (TPSA) is 310 Å². The van der Waals surface area contributed by atoms with E-state index in [1.165, 1.54) is 21.8 Å². The van der Waals surface area contributed by atoms with Crippen molar-refractivity contribution in [2.75, 3.05) is 24.7 Å². The highest BCUT2D eigenvalue weighted by atomic mass is 31.2. The molecule has 6 unspecified atom stereocenters. The van der Waals surface area contributed by atoms with Crippen LogP contribution in [-0.4, -0.2) is 109 Å². The Morgan fingerprint density at radius 1 is 0.705 bits per heavy atom. The lowest BCUT2D eigenvalue weighted by atomic mass is 10.1. The maximum absolute atomic E-state index is 13.1. The number of anilines is 2. The predicted molar refractivity (Wildman–Crippen MR) is 141 cm³/mol. The highest BCUT2D eigenvalue weighted by molar-refractivity contribution is 7.47. The maximum Gasteiger partial charge on any atom is 0.472 e. The van der Waals surface area contributed by atoms with E-state index in [9.17, 15) is 29.1 Å². The van der Waals surface area contributed by atoms with Crippen LogP contribution in [0.1, 0.15) is 12.5 Å². The van der Waals surface area contributed by atoms with Crippen molar-refractivity contribution in [3.63, 3.8) is 0 Å². The van der Waals surface area contributed by atoms with E-state index in [-0.39, 0.29) is 34.0 Å². The quantitative estimate of drug-likeness (QED) is 0.132. The number of fused-ring (bicyclic) bond motifs is 4. The van der Waals surface area contributed by atoms with Crippen LogP contribution in [0.25, 0.3) is 22.3 Å². The van der Waals surface area contributed by atoms with Crippen molar-refractivity contribution in [1.82, 2.24) is 39.0 Å². The summed E-state index contributed by atoms with van der Waals surface area (Å²) in [5.74, 6) is 0.101. The molecule has 7 rings (SSSR count). The van der Waals surface area contributed by atoms with Crippen molar-refractivity contribution >= 4 is 49.6 Å². The number of hydrogen-bond acceptors (Lipinski definition) is 18. The maximum atomic E-state index is 13.1. The number of phosphoric acid groups is 2. The van der Waals surface area contributed by atoms with Crippen LogP contribution in [0.15, 0.2) is 25.3 Å². The van der Waals surface area contributed by atoms with Gasteiger partial charge in [0.15, 0.2) is 35.4 Å². The molecule has 3 fully saturated rings. The van der Waals surface area contributed by atoms with Gasteiger partial charge in [-0.05, 0) is 0 Å². The van der Waals surface area contributed by atoms with Gasteiger partial charge in [-0.15, -0.1) is 0 Å². The summed E-state index contributed by atoms with van der Waals surface area (Å²) in [5, 5.41) is 22.2. The standard InChI is InChI=1S/C20H24N10O12P2/c21-15-9-17(25-3-23-15)29(5-27-9)19-11(31)13-7(39-19)1-37-43(33,34)42-14-8(2-38-44(35,36)41-13)40-20(12(14)32)30-6-28-10-16(22)24-4-26-18(10)30/h3-8,11-14,19-20,31-32H,1-2H2,(H,33,34)(H,35,36)(H2,21,23,25)(H2,22,24,26)/t7-,8-,11?,12?,13?,14?,19-,20-/m1/s1. The van der Waals surface area contributed by atoms with E-state index in [2.05, 4.69) is 29.9 Å². The molecule has 3 aliphatic rings. The van der Waals surface area contributed by atoms with Gasteiger partial charge in [-0.2, -0.15) is 0 Å². The van der Waals surface area contributed by atoms with Crippen molar-refractivity contribution in [2.45, 2.75) is 49.1 Å². The summed E-state index contributed by atoms with van der Waals surface area (Å²) in [6.07, 6.45) is -7.30. The van der Waals surface area contributed by atoms with Crippen LogP contribution in [0.3, 0.4) is 0 Å². The Labute approximate surface area is 244 Å². The van der Waals surface area contributed by atoms with E-state index in [1.807, 2.05) is 0 Å². The molecule has 236 valence electrons. The van der Waals surface area contributed by atoms with Gasteiger partial charge in [0.2, 0.25) is 0 Å². The molecule has 4 aromatic rings. The molecule has 3 saturated heterocycles. The lowest BCUT2D eigenvalue weighted by Gasteiger charge is -2.27. The molecule has 0 spiro atoms. The average molecular weight is 658 g/mol. The number of rotatable bonds is 2. The van der Waals surface area contributed by atoms with Crippen molar-refractivity contribution in [3.8, 4) is 0 Å². The summed E-state index contributed by atoms with van der Waals surface area (Å²) in [4.78, 5) is 45.3. The third-order valence-corrected chi connectivity index (χ3v) is 9.23. The molecule has 22 nitrogen and oxygen atoms in total. The summed E-state index contributed by atoms with van der Waals surface area (Å²) in [7, 11) is -10.0. The monoisotopic (exact) mass is 658 g/mol. The van der Waals surface area contributed by atoms with Crippen LogP contribution in [0.5, 0.6) is 0 Å². The third kappa shape index (κ3) is 5.04. The molecular formula is C20H24N10O12P2. The van der Waals surface area contributed by atoms with Crippen LogP contribution in [0.4, 0.5) is 11.6 Å². The smallest absolute Gasteiger partial charge is 0.386 e. The first-order valence-electron chi connectivity index (χ1n) is 12.8. The minimum absolute atomic E-state index is 0.0507. The van der Waals surface area contributed by atoms with Crippen molar-refractivity contribution in [3.05, 3.63) is 25.3 Å². The fraction of sp³-hybridized carbons (Fsp3) is 0.500. The molecule has 0 saturated carbocycles. The predicted octanol–water partition coefficient (Wildman–Crippen LogP) is -1.63. The zero-order valence-corrected chi connectivity index (χ0v) is 23.8. The van der Waals surface area contributed by atoms with E-state index in [0.29, 0.717) is 0 Å². The largest absolute Gasteiger partial charge is 0.472 e. The van der Waals surface area contributed by atoms with E-state index < -0.39 is 77.9 Å². The Morgan fingerprint density at radius 3 is 1.52 bits per heavy atom. The lowest BCUT2D eigenvalue weighted by Crippen LogP contribution is -2.39. The Balaban J connectivity index is 1.17. The highest BCUT2D eigenvalue weighted by Crippen LogP contribution is 2.53. The van der Waals surface area contributed by atoms with Crippen LogP contribution in [-0.2, 0) is 36.7 Å². The number of nitrogen functional groups attached to an aromatic ring is 2. The normalized spacial score (nSPS) is 38.3. The van der Waals surface area contributed by atoms with Gasteiger partial charge in [0.1, 0.15) is 60.3 Å². The number of phosphoric ester groups is 2. The van der Waals surface area contributed by atoms with Gasteiger partial charge in [-0.1, -0.05) is 0 Å². The molecule has 0 radical (unpaired) electrons. The highest BCUT2D eigenvalue weighted by Gasteiger charge is 2.54. The number of nitrogens with zero attached hydrogens (tertiary/aromatic N) is 8. The minimum Gasteiger partial charge on any atom is -0.386 e. The zero-order valence-electron chi connectivity index (χ0n) is 22.0. The number of nitrogens with two attached hydrogens (primary N) is 2. The second-order valence-corrected chi connectivity index (χ2v) is 12.8. The Kier molecular flexibility index (Phi) is 7.16. The molecule has 4 aromatic heterocycles. The summed E-state index contributed by atoms with van der Waals surface area (Å²) in [5.41, 5.74) is 12.4. The Bertz CT molecular complexity index is 1690. The van der Waals surface area contributed by atoms with Gasteiger partial charge in [0, 0.05) is 0 Å². The van der Waals surface area contributed by atoms with Crippen LogP contribution < -0.4 is 11.5 Å². The molecule has 8 N–H and O–H groups in total. The molecule has 10 atom stereocenters. The number of aliphatic hydroxyl groups excluding tert-OH is 2. The summed E-state index contributed by atoms with van der Waals surface area (Å²) < 4.78 is 61.2. The molecule has 0 aromatic carbocycles. The molecule has 24 heteroatoms. The van der Waals surface area contributed by atoms with Crippen LogP contribution >= 0.6 is 15.6 Å². The fourth-order valence-corrected chi connectivity index (χ4v) is 7.17. The number of aliphatic hydroxyl groups is 2. The fourth-order valence-electron chi connectivity index (χ4n) is 5.24. The van der Waals surface area contributed by atoms with Gasteiger partial charge in [0.25, 0.3) is 0 Å². The van der Waals surface area contributed by atoms with Gasteiger partial charge < -0.3 is 40.9 Å². The SMILES string of the molecule is Nc1ncnc2c1ncn2[C@@H]1O[C@@H]2COP(=O)(O)OC3C(O)[C@H](n4cnc5c(N)ncnc54)O[C@@H]3COP(=O)(O)OC2C1O. The van der Waals surface area contributed by atoms with Gasteiger partial charge in [-0.3, -0.25) is 27.2 Å². The third-order valence-electron chi connectivity index (χ3n) is 7.26.